The van der Waals surface area contributed by atoms with Gasteiger partial charge in [-0.3, -0.25) is 0 Å². The van der Waals surface area contributed by atoms with Gasteiger partial charge in [-0.15, -0.1) is 0 Å². The Morgan fingerprint density at radius 3 is 2.85 bits per heavy atom. The van der Waals surface area contributed by atoms with Crippen LogP contribution in [0.25, 0.3) is 6.08 Å². The van der Waals surface area contributed by atoms with E-state index in [1.807, 2.05) is 0 Å². The molecule has 0 saturated carbocycles. The molecule has 1 heterocycles. The minimum atomic E-state index is -1.10. The molecule has 2 N–H and O–H groups in total. The Morgan fingerprint density at radius 1 is 1.69 bits per heavy atom. The lowest BCUT2D eigenvalue weighted by molar-refractivity contribution is -0.131. The van der Waals surface area contributed by atoms with Crippen LogP contribution in [0, 0.1) is 0 Å². The summed E-state index contributed by atoms with van der Waals surface area (Å²) in [5.74, 6) is -0.917. The third kappa shape index (κ3) is 2.68. The number of carboxylic acid groups (broad SMARTS) is 1. The van der Waals surface area contributed by atoms with Crippen molar-refractivity contribution >= 4 is 12.0 Å². The first kappa shape index (κ1) is 9.40. The number of rotatable bonds is 3. The van der Waals surface area contributed by atoms with Crippen molar-refractivity contribution < 1.29 is 19.5 Å². The van der Waals surface area contributed by atoms with E-state index in [0.29, 0.717) is 0 Å². The molecule has 1 aromatic heterocycles. The Hall–Kier alpha value is -1.69. The molecule has 70 valence electrons. The van der Waals surface area contributed by atoms with E-state index in [4.69, 9.17) is 10.2 Å². The molecule has 6 nitrogen and oxygen atoms in total. The smallest absolute Gasteiger partial charge is 0.328 e. The Kier molecular flexibility index (Phi) is 2.76. The molecular weight excluding hydrogens is 176 g/mol. The van der Waals surface area contributed by atoms with E-state index < -0.39 is 12.1 Å². The van der Waals surface area contributed by atoms with Gasteiger partial charge in [0.1, 0.15) is 6.10 Å². The van der Waals surface area contributed by atoms with Gasteiger partial charge in [0.25, 0.3) is 5.89 Å². The summed E-state index contributed by atoms with van der Waals surface area (Å²) < 4.78 is 4.61. The fourth-order valence-electron chi connectivity index (χ4n) is 0.627. The van der Waals surface area contributed by atoms with Crippen molar-refractivity contribution in [3.8, 4) is 0 Å². The second-order valence-corrected chi connectivity index (χ2v) is 2.34. The molecule has 1 unspecified atom stereocenters. The molecule has 0 spiro atoms. The monoisotopic (exact) mass is 184 g/mol. The molecule has 1 atom stereocenters. The number of aliphatic hydroxyl groups excluding tert-OH is 1. The molecule has 0 radical (unpaired) electrons. The summed E-state index contributed by atoms with van der Waals surface area (Å²) in [5, 5.41) is 20.7. The first-order chi connectivity index (χ1) is 6.09. The van der Waals surface area contributed by atoms with Gasteiger partial charge in [0, 0.05) is 12.2 Å². The average molecular weight is 184 g/mol. The van der Waals surface area contributed by atoms with Gasteiger partial charge in [-0.05, 0) is 6.92 Å². The molecule has 0 aliphatic carbocycles. The molecule has 0 amide bonds. The minimum absolute atomic E-state index is 0.0540. The van der Waals surface area contributed by atoms with Crippen molar-refractivity contribution in [2.45, 2.75) is 13.0 Å². The van der Waals surface area contributed by atoms with Crippen molar-refractivity contribution in [1.29, 1.82) is 0 Å². The summed E-state index contributed by atoms with van der Waals surface area (Å²) in [6, 6.07) is 0. The standard InChI is InChI=1S/C7H8N2O4/c1-4(10)7-8-5(13-9-7)2-3-6(11)12/h2-4,10H,1H3,(H,11,12). The first-order valence-corrected chi connectivity index (χ1v) is 3.52. The molecule has 6 heteroatoms. The topological polar surface area (TPSA) is 96.5 Å². The van der Waals surface area contributed by atoms with Gasteiger partial charge in [-0.2, -0.15) is 4.98 Å². The van der Waals surface area contributed by atoms with Crippen LogP contribution in [0.3, 0.4) is 0 Å². The Bertz CT molecular complexity index is 329. The van der Waals surface area contributed by atoms with Crippen LogP contribution in [0.2, 0.25) is 0 Å². The third-order valence-corrected chi connectivity index (χ3v) is 1.20. The fraction of sp³-hybridized carbons (Fsp3) is 0.286. The lowest BCUT2D eigenvalue weighted by Crippen LogP contribution is -1.93. The molecular formula is C7H8N2O4. The zero-order valence-electron chi connectivity index (χ0n) is 6.84. The maximum atomic E-state index is 10.1. The maximum Gasteiger partial charge on any atom is 0.328 e. The molecule has 1 rings (SSSR count). The molecule has 0 saturated heterocycles. The van der Waals surface area contributed by atoms with Crippen LogP contribution in [-0.2, 0) is 4.79 Å². The second-order valence-electron chi connectivity index (χ2n) is 2.34. The van der Waals surface area contributed by atoms with Gasteiger partial charge in [0.15, 0.2) is 5.82 Å². The number of carboxylic acids is 1. The van der Waals surface area contributed by atoms with Gasteiger partial charge in [-0.1, -0.05) is 5.16 Å². The number of carbonyl (C=O) groups is 1. The number of hydrogen-bond donors (Lipinski definition) is 2. The van der Waals surface area contributed by atoms with Gasteiger partial charge in [0.2, 0.25) is 0 Å². The normalized spacial score (nSPS) is 13.4. The first-order valence-electron chi connectivity index (χ1n) is 3.52. The Morgan fingerprint density at radius 2 is 2.38 bits per heavy atom. The number of aromatic nitrogens is 2. The van der Waals surface area contributed by atoms with Crippen LogP contribution in [0.15, 0.2) is 10.6 Å². The van der Waals surface area contributed by atoms with Crippen LogP contribution in [-0.4, -0.2) is 26.3 Å². The van der Waals surface area contributed by atoms with Gasteiger partial charge < -0.3 is 14.7 Å². The molecule has 1 aromatic rings. The SMILES string of the molecule is CC(O)c1noc(C=CC(=O)O)n1. The second kappa shape index (κ2) is 3.81. The Labute approximate surface area is 73.5 Å². The summed E-state index contributed by atoms with van der Waals surface area (Å²) in [6.45, 7) is 1.48. The zero-order valence-corrected chi connectivity index (χ0v) is 6.84. The van der Waals surface area contributed by atoms with E-state index in [-0.39, 0.29) is 11.7 Å². The molecule has 0 bridgehead atoms. The fourth-order valence-corrected chi connectivity index (χ4v) is 0.627. The molecule has 0 aliphatic rings. The summed E-state index contributed by atoms with van der Waals surface area (Å²) in [5.41, 5.74) is 0. The zero-order chi connectivity index (χ0) is 9.84. The van der Waals surface area contributed by atoms with Crippen molar-refractivity contribution in [2.24, 2.45) is 0 Å². The van der Waals surface area contributed by atoms with E-state index in [1.165, 1.54) is 6.92 Å². The highest BCUT2D eigenvalue weighted by Gasteiger charge is 2.08. The van der Waals surface area contributed by atoms with Gasteiger partial charge >= 0.3 is 5.97 Å². The molecule has 0 fully saturated rings. The average Bonchev–Trinajstić information content (AvgIpc) is 2.48. The van der Waals surface area contributed by atoms with Crippen molar-refractivity contribution in [2.75, 3.05) is 0 Å². The third-order valence-electron chi connectivity index (χ3n) is 1.20. The highest BCUT2D eigenvalue weighted by Crippen LogP contribution is 2.07. The highest BCUT2D eigenvalue weighted by molar-refractivity contribution is 5.84. The van der Waals surface area contributed by atoms with Crippen LogP contribution in [0.4, 0.5) is 0 Å². The molecule has 0 aliphatic heterocycles. The summed E-state index contributed by atoms with van der Waals surface area (Å²) in [4.78, 5) is 13.8. The molecule has 0 aromatic carbocycles. The van der Waals surface area contributed by atoms with E-state index >= 15 is 0 Å². The number of hydrogen-bond acceptors (Lipinski definition) is 5. The van der Waals surface area contributed by atoms with Crippen LogP contribution in [0.5, 0.6) is 0 Å². The van der Waals surface area contributed by atoms with E-state index in [9.17, 15) is 4.79 Å². The lowest BCUT2D eigenvalue weighted by atomic mass is 10.4. The van der Waals surface area contributed by atoms with E-state index in [1.54, 1.807) is 0 Å². The van der Waals surface area contributed by atoms with Crippen molar-refractivity contribution in [3.05, 3.63) is 17.8 Å². The lowest BCUT2D eigenvalue weighted by Gasteiger charge is -1.90. The number of nitrogens with zero attached hydrogens (tertiary/aromatic N) is 2. The summed E-state index contributed by atoms with van der Waals surface area (Å²) >= 11 is 0. The minimum Gasteiger partial charge on any atom is -0.478 e. The Balaban J connectivity index is 2.75. The van der Waals surface area contributed by atoms with E-state index in [0.717, 1.165) is 12.2 Å². The van der Waals surface area contributed by atoms with Crippen LogP contribution >= 0.6 is 0 Å². The van der Waals surface area contributed by atoms with Crippen molar-refractivity contribution in [1.82, 2.24) is 10.1 Å². The largest absolute Gasteiger partial charge is 0.478 e. The van der Waals surface area contributed by atoms with Gasteiger partial charge in [-0.25, -0.2) is 4.79 Å². The quantitative estimate of drug-likeness (QED) is 0.652. The molecule has 13 heavy (non-hydrogen) atoms. The summed E-state index contributed by atoms with van der Waals surface area (Å²) in [6.07, 6.45) is 1.20. The predicted octanol–water partition coefficient (Wildman–Crippen LogP) is 0.221. The number of aliphatic hydroxyl groups is 1. The van der Waals surface area contributed by atoms with Crippen LogP contribution in [0.1, 0.15) is 24.7 Å². The number of aliphatic carboxylic acids is 1. The van der Waals surface area contributed by atoms with E-state index in [2.05, 4.69) is 14.7 Å². The maximum absolute atomic E-state index is 10.1. The highest BCUT2D eigenvalue weighted by atomic mass is 16.5. The van der Waals surface area contributed by atoms with Gasteiger partial charge in [0.05, 0.1) is 0 Å². The van der Waals surface area contributed by atoms with Crippen molar-refractivity contribution in [3.63, 3.8) is 0 Å². The van der Waals surface area contributed by atoms with Crippen LogP contribution < -0.4 is 0 Å². The predicted molar refractivity (Wildman–Crippen MR) is 41.6 cm³/mol. The summed E-state index contributed by atoms with van der Waals surface area (Å²) in [7, 11) is 0.